The Morgan fingerprint density at radius 1 is 1.53 bits per heavy atom. The summed E-state index contributed by atoms with van der Waals surface area (Å²) in [6.45, 7) is 0.742. The standard InChI is InChI=1S/C12H13BrClNO2/c1-17-11-7-8(4-5-10(11)14)15-6-2-3-9(13)12(15)16/h4-5,7,9H,2-3,6H2,1H3. The van der Waals surface area contributed by atoms with Crippen LogP contribution in [0.25, 0.3) is 0 Å². The highest BCUT2D eigenvalue weighted by Crippen LogP contribution is 2.31. The summed E-state index contributed by atoms with van der Waals surface area (Å²) in [6, 6.07) is 5.39. The maximum atomic E-state index is 12.0. The van der Waals surface area contributed by atoms with Crippen molar-refractivity contribution in [2.45, 2.75) is 17.7 Å². The Kier molecular flexibility index (Phi) is 3.94. The summed E-state index contributed by atoms with van der Waals surface area (Å²) in [5.41, 5.74) is 0.834. The first kappa shape index (κ1) is 12.7. The van der Waals surface area contributed by atoms with Crippen molar-refractivity contribution >= 4 is 39.1 Å². The molecule has 0 saturated carbocycles. The van der Waals surface area contributed by atoms with E-state index in [0.29, 0.717) is 10.8 Å². The molecule has 1 amide bonds. The predicted molar refractivity (Wildman–Crippen MR) is 72.3 cm³/mol. The summed E-state index contributed by atoms with van der Waals surface area (Å²) in [5.74, 6) is 0.689. The van der Waals surface area contributed by atoms with Gasteiger partial charge in [-0.25, -0.2) is 0 Å². The van der Waals surface area contributed by atoms with Crippen LogP contribution < -0.4 is 9.64 Å². The number of hydrogen-bond donors (Lipinski definition) is 0. The molecule has 5 heteroatoms. The lowest BCUT2D eigenvalue weighted by Crippen LogP contribution is -2.41. The molecule has 1 aromatic rings. The number of nitrogens with zero attached hydrogens (tertiary/aromatic N) is 1. The van der Waals surface area contributed by atoms with Gasteiger partial charge in [-0.1, -0.05) is 27.5 Å². The molecule has 0 N–H and O–H groups in total. The van der Waals surface area contributed by atoms with Crippen LogP contribution in [0.15, 0.2) is 18.2 Å². The summed E-state index contributed by atoms with van der Waals surface area (Å²) >= 11 is 9.36. The molecule has 1 aliphatic heterocycles. The lowest BCUT2D eigenvalue weighted by atomic mass is 10.1. The van der Waals surface area contributed by atoms with Crippen LogP contribution in [0, 0.1) is 0 Å². The maximum Gasteiger partial charge on any atom is 0.240 e. The zero-order chi connectivity index (χ0) is 12.4. The van der Waals surface area contributed by atoms with Gasteiger partial charge in [-0.3, -0.25) is 4.79 Å². The average Bonchev–Trinajstić information content (AvgIpc) is 2.34. The molecule has 1 aliphatic rings. The minimum Gasteiger partial charge on any atom is -0.495 e. The zero-order valence-electron chi connectivity index (χ0n) is 9.45. The number of rotatable bonds is 2. The fourth-order valence-electron chi connectivity index (χ4n) is 1.90. The van der Waals surface area contributed by atoms with Gasteiger partial charge in [-0.05, 0) is 25.0 Å². The fraction of sp³-hybridized carbons (Fsp3) is 0.417. The van der Waals surface area contributed by atoms with Crippen LogP contribution in [0.3, 0.4) is 0 Å². The molecule has 1 unspecified atom stereocenters. The molecular formula is C12H13BrClNO2. The van der Waals surface area contributed by atoms with E-state index in [-0.39, 0.29) is 10.7 Å². The van der Waals surface area contributed by atoms with Crippen molar-refractivity contribution in [3.05, 3.63) is 23.2 Å². The van der Waals surface area contributed by atoms with Gasteiger partial charge < -0.3 is 9.64 Å². The Labute approximate surface area is 114 Å². The van der Waals surface area contributed by atoms with Crippen molar-refractivity contribution in [1.29, 1.82) is 0 Å². The molecule has 17 heavy (non-hydrogen) atoms. The van der Waals surface area contributed by atoms with Crippen LogP contribution in [0.1, 0.15) is 12.8 Å². The lowest BCUT2D eigenvalue weighted by Gasteiger charge is -2.30. The van der Waals surface area contributed by atoms with E-state index < -0.39 is 0 Å². The summed E-state index contributed by atoms with van der Waals surface area (Å²) < 4.78 is 5.16. The first-order valence-electron chi connectivity index (χ1n) is 5.42. The minimum absolute atomic E-state index is 0.0853. The molecule has 1 heterocycles. The number of alkyl halides is 1. The van der Waals surface area contributed by atoms with Crippen LogP contribution in [0.4, 0.5) is 5.69 Å². The van der Waals surface area contributed by atoms with Gasteiger partial charge in [-0.15, -0.1) is 0 Å². The molecular weight excluding hydrogens is 305 g/mol. The van der Waals surface area contributed by atoms with Crippen LogP contribution in [-0.2, 0) is 4.79 Å². The van der Waals surface area contributed by atoms with E-state index in [0.717, 1.165) is 25.1 Å². The molecule has 0 aromatic heterocycles. The number of ether oxygens (including phenoxy) is 1. The van der Waals surface area contributed by atoms with Gasteiger partial charge in [0.05, 0.1) is 17.0 Å². The molecule has 0 radical (unpaired) electrons. The summed E-state index contributed by atoms with van der Waals surface area (Å²) in [4.78, 5) is 13.7. The van der Waals surface area contributed by atoms with Crippen molar-refractivity contribution < 1.29 is 9.53 Å². The second kappa shape index (κ2) is 5.27. The first-order valence-corrected chi connectivity index (χ1v) is 6.72. The van der Waals surface area contributed by atoms with Crippen LogP contribution in [0.5, 0.6) is 5.75 Å². The molecule has 0 bridgehead atoms. The van der Waals surface area contributed by atoms with E-state index in [4.69, 9.17) is 16.3 Å². The van der Waals surface area contributed by atoms with E-state index in [1.807, 2.05) is 6.07 Å². The Morgan fingerprint density at radius 3 is 3.00 bits per heavy atom. The maximum absolute atomic E-state index is 12.0. The number of anilines is 1. The van der Waals surface area contributed by atoms with E-state index in [1.165, 1.54) is 0 Å². The molecule has 0 spiro atoms. The van der Waals surface area contributed by atoms with Crippen LogP contribution in [-0.4, -0.2) is 24.4 Å². The van der Waals surface area contributed by atoms with Crippen molar-refractivity contribution in [2.75, 3.05) is 18.6 Å². The number of carbonyl (C=O) groups is 1. The van der Waals surface area contributed by atoms with Crippen molar-refractivity contribution in [1.82, 2.24) is 0 Å². The third-order valence-electron chi connectivity index (χ3n) is 2.82. The number of carbonyl (C=O) groups excluding carboxylic acids is 1. The van der Waals surface area contributed by atoms with E-state index in [9.17, 15) is 4.79 Å². The van der Waals surface area contributed by atoms with E-state index in [1.54, 1.807) is 24.1 Å². The second-order valence-corrected chi connectivity index (χ2v) is 5.43. The molecule has 2 rings (SSSR count). The lowest BCUT2D eigenvalue weighted by molar-refractivity contribution is -0.118. The van der Waals surface area contributed by atoms with Gasteiger partial charge in [0.15, 0.2) is 0 Å². The molecule has 1 saturated heterocycles. The number of amides is 1. The molecule has 1 aromatic carbocycles. The first-order chi connectivity index (χ1) is 8.13. The van der Waals surface area contributed by atoms with Crippen molar-refractivity contribution in [3.63, 3.8) is 0 Å². The van der Waals surface area contributed by atoms with Gasteiger partial charge in [-0.2, -0.15) is 0 Å². The number of halogens is 2. The third-order valence-corrected chi connectivity index (χ3v) is 3.98. The van der Waals surface area contributed by atoms with Crippen molar-refractivity contribution in [2.24, 2.45) is 0 Å². The molecule has 0 aliphatic carbocycles. The van der Waals surface area contributed by atoms with Crippen LogP contribution in [0.2, 0.25) is 5.02 Å². The normalized spacial score (nSPS) is 20.5. The molecule has 1 fully saturated rings. The highest BCUT2D eigenvalue weighted by Gasteiger charge is 2.27. The quantitative estimate of drug-likeness (QED) is 0.784. The van der Waals surface area contributed by atoms with Gasteiger partial charge in [0.25, 0.3) is 0 Å². The van der Waals surface area contributed by atoms with Crippen LogP contribution >= 0.6 is 27.5 Å². The van der Waals surface area contributed by atoms with Gasteiger partial charge in [0.2, 0.25) is 5.91 Å². The fourth-order valence-corrected chi connectivity index (χ4v) is 2.67. The Hall–Kier alpha value is -0.740. The molecule has 92 valence electrons. The zero-order valence-corrected chi connectivity index (χ0v) is 11.8. The Balaban J connectivity index is 2.30. The molecule has 3 nitrogen and oxygen atoms in total. The third kappa shape index (κ3) is 2.58. The topological polar surface area (TPSA) is 29.5 Å². The highest BCUT2D eigenvalue weighted by atomic mass is 79.9. The minimum atomic E-state index is -0.0853. The summed E-state index contributed by atoms with van der Waals surface area (Å²) in [7, 11) is 1.57. The smallest absolute Gasteiger partial charge is 0.240 e. The Bertz CT molecular complexity index is 439. The number of methoxy groups -OCH3 is 1. The van der Waals surface area contributed by atoms with Crippen molar-refractivity contribution in [3.8, 4) is 5.75 Å². The number of benzene rings is 1. The SMILES string of the molecule is COc1cc(N2CCCC(Br)C2=O)ccc1Cl. The monoisotopic (exact) mass is 317 g/mol. The summed E-state index contributed by atoms with van der Waals surface area (Å²) in [6.07, 6.45) is 1.88. The average molecular weight is 319 g/mol. The highest BCUT2D eigenvalue weighted by molar-refractivity contribution is 9.10. The second-order valence-electron chi connectivity index (χ2n) is 3.92. The van der Waals surface area contributed by atoms with E-state index in [2.05, 4.69) is 15.9 Å². The Morgan fingerprint density at radius 2 is 2.29 bits per heavy atom. The largest absolute Gasteiger partial charge is 0.495 e. The van der Waals surface area contributed by atoms with Gasteiger partial charge >= 0.3 is 0 Å². The molecule has 1 atom stereocenters. The predicted octanol–water partition coefficient (Wildman–Crippen LogP) is 3.24. The number of piperidine rings is 1. The summed E-state index contributed by atoms with van der Waals surface area (Å²) in [5, 5.41) is 0.552. The van der Waals surface area contributed by atoms with Gasteiger partial charge in [0, 0.05) is 18.3 Å². The van der Waals surface area contributed by atoms with Gasteiger partial charge in [0.1, 0.15) is 5.75 Å². The van der Waals surface area contributed by atoms with E-state index >= 15 is 0 Å². The number of hydrogen-bond acceptors (Lipinski definition) is 2.